The fourth-order valence-corrected chi connectivity index (χ4v) is 4.18. The van der Waals surface area contributed by atoms with Crippen molar-refractivity contribution in [3.63, 3.8) is 0 Å². The van der Waals surface area contributed by atoms with Gasteiger partial charge in [0.05, 0.1) is 30.0 Å². The zero-order valence-electron chi connectivity index (χ0n) is 18.2. The smallest absolute Gasteiger partial charge is 0.251 e. The Morgan fingerprint density at radius 2 is 1.97 bits per heavy atom. The van der Waals surface area contributed by atoms with Crippen molar-refractivity contribution in [2.75, 3.05) is 31.1 Å². The number of benzene rings is 2. The number of anilines is 1. The topological polar surface area (TPSA) is 109 Å². The highest BCUT2D eigenvalue weighted by molar-refractivity contribution is 5.99. The minimum atomic E-state index is -0.104. The molecule has 1 atom stereocenters. The summed E-state index contributed by atoms with van der Waals surface area (Å²) in [4.78, 5) is 19.5. The lowest BCUT2D eigenvalue weighted by Gasteiger charge is -2.35. The molecule has 2 aromatic heterocycles. The van der Waals surface area contributed by atoms with E-state index in [-0.39, 0.29) is 12.0 Å². The number of amides is 1. The van der Waals surface area contributed by atoms with Crippen LogP contribution < -0.4 is 16.0 Å². The number of nitrogens with two attached hydrogens (primary N) is 1. The first kappa shape index (κ1) is 21.1. The number of H-pyrrole nitrogens is 1. The van der Waals surface area contributed by atoms with E-state index >= 15 is 0 Å². The maximum Gasteiger partial charge on any atom is 0.251 e. The van der Waals surface area contributed by atoms with Gasteiger partial charge < -0.3 is 20.7 Å². The van der Waals surface area contributed by atoms with Gasteiger partial charge in [-0.25, -0.2) is 4.98 Å². The maximum atomic E-state index is 12.6. The molecule has 8 nitrogen and oxygen atoms in total. The fourth-order valence-electron chi connectivity index (χ4n) is 4.18. The molecule has 4 aromatic rings. The molecule has 2 aromatic carbocycles. The van der Waals surface area contributed by atoms with E-state index in [4.69, 9.17) is 10.5 Å². The lowest BCUT2D eigenvalue weighted by molar-refractivity contribution is 0.0467. The largest absolute Gasteiger partial charge is 0.373 e. The van der Waals surface area contributed by atoms with Gasteiger partial charge in [0.15, 0.2) is 5.65 Å². The van der Waals surface area contributed by atoms with Crippen molar-refractivity contribution in [1.82, 2.24) is 20.5 Å². The van der Waals surface area contributed by atoms with Gasteiger partial charge in [0.2, 0.25) is 0 Å². The molecule has 0 bridgehead atoms. The third-order valence-corrected chi connectivity index (χ3v) is 5.92. The number of carbonyl (C=O) groups excluding carboxylic acids is 1. The van der Waals surface area contributed by atoms with Crippen molar-refractivity contribution in [1.29, 1.82) is 0 Å². The van der Waals surface area contributed by atoms with E-state index in [9.17, 15) is 4.79 Å². The summed E-state index contributed by atoms with van der Waals surface area (Å²) in [6, 6.07) is 17.5. The maximum absolute atomic E-state index is 12.6. The van der Waals surface area contributed by atoms with E-state index in [1.165, 1.54) is 0 Å². The van der Waals surface area contributed by atoms with Gasteiger partial charge >= 0.3 is 0 Å². The van der Waals surface area contributed by atoms with Gasteiger partial charge in [-0.05, 0) is 23.3 Å². The summed E-state index contributed by atoms with van der Waals surface area (Å²) in [6.45, 7) is 3.04. The van der Waals surface area contributed by atoms with Gasteiger partial charge in [0.25, 0.3) is 5.91 Å². The average molecular weight is 443 g/mol. The van der Waals surface area contributed by atoms with Crippen LogP contribution in [0.5, 0.6) is 0 Å². The van der Waals surface area contributed by atoms with Crippen molar-refractivity contribution in [3.8, 4) is 11.1 Å². The minimum absolute atomic E-state index is 0.0163. The van der Waals surface area contributed by atoms with E-state index in [0.29, 0.717) is 31.8 Å². The second-order valence-electron chi connectivity index (χ2n) is 8.07. The SMILES string of the molecule is NCC1CN(c2c(-c3ccc(C(=O)NCc4ccccc4)cc3)cnc3[nH]ncc23)CCO1. The number of ether oxygens (including phenoxy) is 1. The lowest BCUT2D eigenvalue weighted by Crippen LogP contribution is -2.46. The number of hydrogen-bond acceptors (Lipinski definition) is 6. The Balaban J connectivity index is 1.41. The molecule has 1 fully saturated rings. The van der Waals surface area contributed by atoms with Crippen molar-refractivity contribution in [2.24, 2.45) is 5.73 Å². The molecular weight excluding hydrogens is 416 g/mol. The summed E-state index contributed by atoms with van der Waals surface area (Å²) in [6.07, 6.45) is 3.64. The average Bonchev–Trinajstić information content (AvgIpc) is 3.36. The van der Waals surface area contributed by atoms with Crippen LogP contribution in [0.2, 0.25) is 0 Å². The molecule has 0 saturated carbocycles. The Labute approximate surface area is 191 Å². The summed E-state index contributed by atoms with van der Waals surface area (Å²) in [5.41, 5.74) is 11.3. The second-order valence-corrected chi connectivity index (χ2v) is 8.07. The molecule has 8 heteroatoms. The van der Waals surface area contributed by atoms with Gasteiger partial charge in [-0.3, -0.25) is 9.89 Å². The normalized spacial score (nSPS) is 16.2. The van der Waals surface area contributed by atoms with Crippen molar-refractivity contribution in [3.05, 3.63) is 78.1 Å². The number of nitrogens with one attached hydrogen (secondary N) is 2. The first-order chi connectivity index (χ1) is 16.2. The van der Waals surface area contributed by atoms with Gasteiger partial charge in [0.1, 0.15) is 0 Å². The number of pyridine rings is 1. The summed E-state index contributed by atoms with van der Waals surface area (Å²) in [5.74, 6) is -0.104. The molecule has 1 saturated heterocycles. The first-order valence-corrected chi connectivity index (χ1v) is 11.0. The molecule has 1 amide bonds. The lowest BCUT2D eigenvalue weighted by atomic mass is 10.0. The number of aromatic amines is 1. The number of rotatable bonds is 6. The molecule has 4 N–H and O–H groups in total. The molecule has 5 rings (SSSR count). The van der Waals surface area contributed by atoms with Crippen LogP contribution in [0.4, 0.5) is 5.69 Å². The Kier molecular flexibility index (Phi) is 6.01. The Hall–Kier alpha value is -3.75. The van der Waals surface area contributed by atoms with Gasteiger partial charge in [-0.2, -0.15) is 5.10 Å². The quantitative estimate of drug-likeness (QED) is 0.424. The standard InChI is InChI=1S/C25H26N6O2/c26-12-20-16-31(10-11-33-20)23-21(14-27-24-22(23)15-29-30-24)18-6-8-19(9-7-18)25(32)28-13-17-4-2-1-3-5-17/h1-9,14-15,20H,10-13,16,26H2,(H,28,32)(H,27,29,30). The number of hydrogen-bond donors (Lipinski definition) is 3. The number of fused-ring (bicyclic) bond motifs is 1. The van der Waals surface area contributed by atoms with E-state index < -0.39 is 0 Å². The van der Waals surface area contributed by atoms with Crippen LogP contribution in [0.1, 0.15) is 15.9 Å². The van der Waals surface area contributed by atoms with E-state index in [1.54, 1.807) is 6.20 Å². The molecular formula is C25H26N6O2. The van der Waals surface area contributed by atoms with Crippen molar-refractivity contribution in [2.45, 2.75) is 12.6 Å². The Bertz CT molecular complexity index is 1240. The number of aromatic nitrogens is 3. The highest BCUT2D eigenvalue weighted by Crippen LogP contribution is 2.36. The highest BCUT2D eigenvalue weighted by atomic mass is 16.5. The van der Waals surface area contributed by atoms with E-state index in [2.05, 4.69) is 25.4 Å². The van der Waals surface area contributed by atoms with Gasteiger partial charge in [0, 0.05) is 43.5 Å². The summed E-state index contributed by atoms with van der Waals surface area (Å²) in [5, 5.41) is 11.1. The van der Waals surface area contributed by atoms with Crippen LogP contribution in [0.25, 0.3) is 22.2 Å². The van der Waals surface area contributed by atoms with Gasteiger partial charge in [-0.15, -0.1) is 0 Å². The molecule has 33 heavy (non-hydrogen) atoms. The molecule has 168 valence electrons. The third-order valence-electron chi connectivity index (χ3n) is 5.92. The predicted molar refractivity (Wildman–Crippen MR) is 128 cm³/mol. The second kappa shape index (κ2) is 9.40. The Morgan fingerprint density at radius 1 is 1.15 bits per heavy atom. The van der Waals surface area contributed by atoms with Crippen LogP contribution in [0.15, 0.2) is 67.0 Å². The van der Waals surface area contributed by atoms with Crippen LogP contribution in [0.3, 0.4) is 0 Å². The van der Waals surface area contributed by atoms with Crippen LogP contribution >= 0.6 is 0 Å². The highest BCUT2D eigenvalue weighted by Gasteiger charge is 2.24. The monoisotopic (exact) mass is 442 g/mol. The van der Waals surface area contributed by atoms with Gasteiger partial charge in [-0.1, -0.05) is 42.5 Å². The summed E-state index contributed by atoms with van der Waals surface area (Å²) in [7, 11) is 0. The molecule has 0 radical (unpaired) electrons. The summed E-state index contributed by atoms with van der Waals surface area (Å²) >= 11 is 0. The number of nitrogens with zero attached hydrogens (tertiary/aromatic N) is 3. The fraction of sp³-hybridized carbons (Fsp3) is 0.240. The van der Waals surface area contributed by atoms with Crippen LogP contribution in [-0.4, -0.2) is 53.4 Å². The van der Waals surface area contributed by atoms with Crippen LogP contribution in [-0.2, 0) is 11.3 Å². The molecule has 1 unspecified atom stereocenters. The van der Waals surface area contributed by atoms with Crippen molar-refractivity contribution >= 4 is 22.6 Å². The predicted octanol–water partition coefficient (Wildman–Crippen LogP) is 2.72. The van der Waals surface area contributed by atoms with E-state index in [0.717, 1.165) is 40.0 Å². The zero-order chi connectivity index (χ0) is 22.6. The van der Waals surface area contributed by atoms with Crippen LogP contribution in [0, 0.1) is 0 Å². The molecule has 3 heterocycles. The molecule has 0 aliphatic carbocycles. The third kappa shape index (κ3) is 4.44. The Morgan fingerprint density at radius 3 is 2.76 bits per heavy atom. The molecule has 0 spiro atoms. The first-order valence-electron chi connectivity index (χ1n) is 11.0. The minimum Gasteiger partial charge on any atom is -0.373 e. The zero-order valence-corrected chi connectivity index (χ0v) is 18.2. The van der Waals surface area contributed by atoms with E-state index in [1.807, 2.05) is 60.8 Å². The molecule has 1 aliphatic heterocycles. The summed E-state index contributed by atoms with van der Waals surface area (Å²) < 4.78 is 5.76. The van der Waals surface area contributed by atoms with Crippen molar-refractivity contribution < 1.29 is 9.53 Å². The number of carbonyl (C=O) groups is 1. The number of morpholine rings is 1. The molecule has 1 aliphatic rings.